The number of hydrogen-bond donors (Lipinski definition) is 1. The van der Waals surface area contributed by atoms with Gasteiger partial charge in [0.2, 0.25) is 10.0 Å². The van der Waals surface area contributed by atoms with Crippen molar-refractivity contribution in [1.82, 2.24) is 19.4 Å². The third-order valence-corrected chi connectivity index (χ3v) is 7.57. The summed E-state index contributed by atoms with van der Waals surface area (Å²) in [6.45, 7) is 0.544. The fourth-order valence-corrected chi connectivity index (χ4v) is 5.33. The lowest BCUT2D eigenvalue weighted by atomic mass is 9.94. The quantitative estimate of drug-likeness (QED) is 0.524. The van der Waals surface area contributed by atoms with Crippen LogP contribution in [-0.4, -0.2) is 69.9 Å². The fraction of sp³-hybridized carbons (Fsp3) is 0.476. The number of halogens is 1. The van der Waals surface area contributed by atoms with Gasteiger partial charge in [0.1, 0.15) is 24.8 Å². The average Bonchev–Trinajstić information content (AvgIpc) is 3.43. The zero-order valence-corrected chi connectivity index (χ0v) is 19.1. The Labute approximate surface area is 190 Å². The van der Waals surface area contributed by atoms with E-state index in [0.29, 0.717) is 18.4 Å². The van der Waals surface area contributed by atoms with E-state index in [0.717, 1.165) is 4.90 Å². The number of Topliss-reactive ketones (excluding diaryl/α,β-unsaturated/α-hetero) is 1. The van der Waals surface area contributed by atoms with E-state index in [1.165, 1.54) is 33.7 Å². The average molecular weight is 479 g/mol. The van der Waals surface area contributed by atoms with Gasteiger partial charge < -0.3 is 0 Å². The molecule has 2 heterocycles. The first-order chi connectivity index (χ1) is 15.6. The van der Waals surface area contributed by atoms with Crippen LogP contribution in [0.1, 0.15) is 31.7 Å². The number of aryl methyl sites for hydroxylation is 1. The Morgan fingerprint density at radius 2 is 2.06 bits per heavy atom. The zero-order chi connectivity index (χ0) is 24.0. The van der Waals surface area contributed by atoms with Crippen LogP contribution in [0.3, 0.4) is 0 Å². The molecule has 1 aromatic rings. The van der Waals surface area contributed by atoms with Crippen molar-refractivity contribution in [2.24, 2.45) is 13.0 Å². The number of urea groups is 1. The van der Waals surface area contributed by atoms with Gasteiger partial charge in [0.25, 0.3) is 0 Å². The monoisotopic (exact) mass is 478 g/mol. The van der Waals surface area contributed by atoms with Crippen molar-refractivity contribution in [1.29, 1.82) is 0 Å². The number of nitrogens with one attached hydrogen (secondary N) is 1. The molecule has 4 rings (SSSR count). The number of ketones is 1. The highest BCUT2D eigenvalue weighted by Crippen LogP contribution is 2.37. The number of alkyl halides is 1. The number of amides is 3. The Balaban J connectivity index is 1.72. The van der Waals surface area contributed by atoms with E-state index in [-0.39, 0.29) is 35.9 Å². The van der Waals surface area contributed by atoms with Crippen LogP contribution in [0.5, 0.6) is 0 Å². The molecule has 1 saturated carbocycles. The molecule has 1 unspecified atom stereocenters. The molecular formula is C21H25FN5O5S+. The molecule has 1 fully saturated rings. The van der Waals surface area contributed by atoms with Crippen LogP contribution in [0.4, 0.5) is 9.18 Å². The SMILES string of the molecule is CCC(=O)C[N+]1=C2C=CC(S(=O)(=O)NC3(CF)CC3)=CC2C(=O)N(Cc2cnn(C)c2)C1=O. The minimum Gasteiger partial charge on any atom is -0.295 e. The van der Waals surface area contributed by atoms with Crippen molar-refractivity contribution in [2.75, 3.05) is 13.2 Å². The minimum absolute atomic E-state index is 0.0745. The van der Waals surface area contributed by atoms with E-state index in [4.69, 9.17) is 0 Å². The van der Waals surface area contributed by atoms with Crippen LogP contribution in [0.15, 0.2) is 35.5 Å². The number of carbonyl (C=O) groups is 3. The Hall–Kier alpha value is -2.99. The number of carbonyl (C=O) groups excluding carboxylic acids is 3. The van der Waals surface area contributed by atoms with E-state index in [1.807, 2.05) is 0 Å². The van der Waals surface area contributed by atoms with Gasteiger partial charge in [0.15, 0.2) is 12.3 Å². The second-order valence-corrected chi connectivity index (χ2v) is 10.2. The molecule has 1 aromatic heterocycles. The maximum absolute atomic E-state index is 13.3. The largest absolute Gasteiger partial charge is 0.501 e. The molecule has 0 radical (unpaired) electrons. The van der Waals surface area contributed by atoms with Gasteiger partial charge in [0.05, 0.1) is 16.6 Å². The van der Waals surface area contributed by atoms with E-state index < -0.39 is 40.1 Å². The second-order valence-electron chi connectivity index (χ2n) is 8.53. The lowest BCUT2D eigenvalue weighted by Gasteiger charge is -2.27. The van der Waals surface area contributed by atoms with E-state index >= 15 is 0 Å². The number of rotatable bonds is 9. The number of hydrogen-bond acceptors (Lipinski definition) is 6. The van der Waals surface area contributed by atoms with Gasteiger partial charge in [-0.15, -0.1) is 0 Å². The Morgan fingerprint density at radius 3 is 2.64 bits per heavy atom. The van der Waals surface area contributed by atoms with Crippen LogP contribution in [-0.2, 0) is 33.2 Å². The number of sulfonamides is 1. The molecular weight excluding hydrogens is 453 g/mol. The molecule has 3 aliphatic rings. The summed E-state index contributed by atoms with van der Waals surface area (Å²) in [7, 11) is -2.38. The maximum Gasteiger partial charge on any atom is 0.501 e. The van der Waals surface area contributed by atoms with Crippen molar-refractivity contribution < 1.29 is 31.8 Å². The minimum atomic E-state index is -4.08. The van der Waals surface area contributed by atoms with Crippen molar-refractivity contribution in [3.63, 3.8) is 0 Å². The Kier molecular flexibility index (Phi) is 5.91. The maximum atomic E-state index is 13.3. The van der Waals surface area contributed by atoms with E-state index in [2.05, 4.69) is 9.82 Å². The Bertz CT molecular complexity index is 1230. The summed E-state index contributed by atoms with van der Waals surface area (Å²) < 4.78 is 44.1. The zero-order valence-electron chi connectivity index (χ0n) is 18.3. The van der Waals surface area contributed by atoms with Crippen molar-refractivity contribution in [3.8, 4) is 0 Å². The molecule has 2 aliphatic carbocycles. The first kappa shape index (κ1) is 23.2. The van der Waals surface area contributed by atoms with E-state index in [9.17, 15) is 27.2 Å². The Morgan fingerprint density at radius 1 is 1.33 bits per heavy atom. The topological polar surface area (TPSA) is 121 Å². The van der Waals surface area contributed by atoms with Crippen LogP contribution >= 0.6 is 0 Å². The summed E-state index contributed by atoms with van der Waals surface area (Å²) in [6, 6.07) is -0.659. The first-order valence-corrected chi connectivity index (χ1v) is 12.1. The smallest absolute Gasteiger partial charge is 0.295 e. The predicted octanol–water partition coefficient (Wildman–Crippen LogP) is 0.806. The molecule has 0 aromatic carbocycles. The van der Waals surface area contributed by atoms with Crippen molar-refractivity contribution in [3.05, 3.63) is 41.1 Å². The van der Waals surface area contributed by atoms with Crippen LogP contribution in [0, 0.1) is 5.92 Å². The highest BCUT2D eigenvalue weighted by atomic mass is 32.2. The second kappa shape index (κ2) is 8.41. The van der Waals surface area contributed by atoms with Crippen LogP contribution in [0.2, 0.25) is 0 Å². The fourth-order valence-electron chi connectivity index (χ4n) is 3.82. The number of aromatic nitrogens is 2. The number of imide groups is 1. The first-order valence-electron chi connectivity index (χ1n) is 10.6. The molecule has 3 amide bonds. The summed E-state index contributed by atoms with van der Waals surface area (Å²) in [4.78, 5) is 39.4. The van der Waals surface area contributed by atoms with Gasteiger partial charge in [0, 0.05) is 25.2 Å². The standard InChI is InChI=1S/C21H25FN5O5S/c1-3-15(28)12-26-18-5-4-16(33(31,32)24-21(13-22)6-7-21)8-17(18)19(29)27(20(26)30)11-14-9-23-25(2)10-14/h4-5,8-10,17,24H,3,6-7,11-13H2,1-2H3/q+1. The normalized spacial score (nSPS) is 21.8. The van der Waals surface area contributed by atoms with Gasteiger partial charge in [-0.3, -0.25) is 9.48 Å². The van der Waals surface area contributed by atoms with Gasteiger partial charge in [-0.25, -0.2) is 22.3 Å². The number of fused-ring (bicyclic) bond motifs is 1. The summed E-state index contributed by atoms with van der Waals surface area (Å²) >= 11 is 0. The lowest BCUT2D eigenvalue weighted by Crippen LogP contribution is -2.55. The summed E-state index contributed by atoms with van der Waals surface area (Å²) in [5.41, 5.74) is -0.247. The molecule has 33 heavy (non-hydrogen) atoms. The van der Waals surface area contributed by atoms with Gasteiger partial charge in [-0.05, 0) is 31.1 Å². The van der Waals surface area contributed by atoms with Gasteiger partial charge in [-0.2, -0.15) is 19.4 Å². The molecule has 1 aliphatic heterocycles. The highest BCUT2D eigenvalue weighted by Gasteiger charge is 2.50. The van der Waals surface area contributed by atoms with Gasteiger partial charge >= 0.3 is 11.9 Å². The third-order valence-electron chi connectivity index (χ3n) is 5.97. The number of nitrogens with zero attached hydrogens (tertiary/aromatic N) is 4. The molecule has 0 spiro atoms. The third kappa shape index (κ3) is 4.44. The number of allylic oxidation sites excluding steroid dienone is 2. The summed E-state index contributed by atoms with van der Waals surface area (Å²) in [5, 5.41) is 4.04. The molecule has 176 valence electrons. The molecule has 12 heteroatoms. The predicted molar refractivity (Wildman–Crippen MR) is 115 cm³/mol. The molecule has 10 nitrogen and oxygen atoms in total. The van der Waals surface area contributed by atoms with Crippen molar-refractivity contribution >= 4 is 33.5 Å². The van der Waals surface area contributed by atoms with Gasteiger partial charge in [-0.1, -0.05) is 6.92 Å². The van der Waals surface area contributed by atoms with Crippen LogP contribution in [0.25, 0.3) is 0 Å². The molecule has 1 atom stereocenters. The lowest BCUT2D eigenvalue weighted by molar-refractivity contribution is -0.428. The highest BCUT2D eigenvalue weighted by molar-refractivity contribution is 7.93. The van der Waals surface area contributed by atoms with Crippen LogP contribution < -0.4 is 4.72 Å². The molecule has 0 bridgehead atoms. The molecule has 0 saturated heterocycles. The summed E-state index contributed by atoms with van der Waals surface area (Å²) in [5.74, 6) is -1.90. The van der Waals surface area contributed by atoms with Crippen molar-refractivity contribution in [2.45, 2.75) is 38.3 Å². The van der Waals surface area contributed by atoms with E-state index in [1.54, 1.807) is 20.2 Å². The molecule has 1 N–H and O–H groups in total. The summed E-state index contributed by atoms with van der Waals surface area (Å²) in [6.07, 6.45) is 8.07.